The van der Waals surface area contributed by atoms with Crippen LogP contribution in [0.2, 0.25) is 0 Å². The van der Waals surface area contributed by atoms with E-state index >= 15 is 0 Å². The second-order valence-electron chi connectivity index (χ2n) is 4.13. The number of carboxylic acids is 1. The smallest absolute Gasteiger partial charge is 0.303 e. The first kappa shape index (κ1) is 16.1. The highest BCUT2D eigenvalue weighted by Gasteiger charge is 2.15. The molecule has 0 unspecified atom stereocenters. The van der Waals surface area contributed by atoms with Crippen molar-refractivity contribution < 1.29 is 23.1 Å². The molecule has 1 aromatic rings. The van der Waals surface area contributed by atoms with Gasteiger partial charge in [-0.05, 0) is 31.7 Å². The lowest BCUT2D eigenvalue weighted by Crippen LogP contribution is -2.20. The van der Waals surface area contributed by atoms with Crippen molar-refractivity contribution in [1.82, 2.24) is 4.72 Å². The third-order valence-electron chi connectivity index (χ3n) is 2.60. The molecule has 0 bridgehead atoms. The van der Waals surface area contributed by atoms with Crippen LogP contribution in [0, 0.1) is 6.92 Å². The zero-order valence-corrected chi connectivity index (χ0v) is 12.0. The van der Waals surface area contributed by atoms with Crippen LogP contribution in [-0.2, 0) is 19.6 Å². The highest BCUT2D eigenvalue weighted by Crippen LogP contribution is 2.20. The molecule has 0 aliphatic heterocycles. The van der Waals surface area contributed by atoms with Gasteiger partial charge in [0.25, 0.3) is 0 Å². The zero-order valence-electron chi connectivity index (χ0n) is 11.1. The fourth-order valence-electron chi connectivity index (χ4n) is 1.52. The van der Waals surface area contributed by atoms with Crippen molar-refractivity contribution in [3.63, 3.8) is 0 Å². The van der Waals surface area contributed by atoms with Gasteiger partial charge < -0.3 is 10.4 Å². The molecule has 7 nitrogen and oxygen atoms in total. The van der Waals surface area contributed by atoms with Gasteiger partial charge in [0.1, 0.15) is 0 Å². The number of aliphatic carboxylic acids is 1. The molecule has 0 aliphatic carbocycles. The summed E-state index contributed by atoms with van der Waals surface area (Å²) in [6, 6.07) is 4.46. The van der Waals surface area contributed by atoms with Crippen molar-refractivity contribution in [3.8, 4) is 0 Å². The maximum absolute atomic E-state index is 11.8. The predicted octanol–water partition coefficient (Wildman–Crippen LogP) is 0.706. The van der Waals surface area contributed by atoms with Crippen LogP contribution in [0.5, 0.6) is 0 Å². The second-order valence-corrected chi connectivity index (χ2v) is 5.98. The summed E-state index contributed by atoms with van der Waals surface area (Å²) in [5, 5.41) is 10.9. The van der Waals surface area contributed by atoms with Crippen LogP contribution in [0.25, 0.3) is 0 Å². The molecule has 110 valence electrons. The van der Waals surface area contributed by atoms with Gasteiger partial charge in [0.2, 0.25) is 15.9 Å². The first-order valence-corrected chi connectivity index (χ1v) is 7.30. The molecule has 0 fully saturated rings. The number of hydrogen-bond donors (Lipinski definition) is 3. The number of amides is 1. The quantitative estimate of drug-likeness (QED) is 0.716. The maximum Gasteiger partial charge on any atom is 0.303 e. The third kappa shape index (κ3) is 4.32. The van der Waals surface area contributed by atoms with Gasteiger partial charge in [-0.15, -0.1) is 0 Å². The molecule has 0 aliphatic rings. The number of carboxylic acid groups (broad SMARTS) is 1. The SMILES string of the molecule is CNS(=O)(=O)c1cc(NC(=O)CCC(=O)O)ccc1C. The van der Waals surface area contributed by atoms with Gasteiger partial charge in [-0.25, -0.2) is 13.1 Å². The van der Waals surface area contributed by atoms with Crippen LogP contribution in [-0.4, -0.2) is 32.4 Å². The second kappa shape index (κ2) is 6.49. The minimum absolute atomic E-state index is 0.0658. The van der Waals surface area contributed by atoms with Crippen molar-refractivity contribution >= 4 is 27.6 Å². The van der Waals surface area contributed by atoms with Crippen LogP contribution in [0.4, 0.5) is 5.69 Å². The van der Waals surface area contributed by atoms with Crippen molar-refractivity contribution in [3.05, 3.63) is 23.8 Å². The number of carbonyl (C=O) groups is 2. The Balaban J connectivity index is 2.91. The average molecular weight is 300 g/mol. The van der Waals surface area contributed by atoms with Crippen LogP contribution < -0.4 is 10.0 Å². The summed E-state index contributed by atoms with van der Waals surface area (Å²) < 4.78 is 25.7. The summed E-state index contributed by atoms with van der Waals surface area (Å²) in [6.07, 6.45) is -0.448. The predicted molar refractivity (Wildman–Crippen MR) is 72.9 cm³/mol. The number of nitrogens with one attached hydrogen (secondary N) is 2. The number of aryl methyl sites for hydroxylation is 1. The lowest BCUT2D eigenvalue weighted by atomic mass is 10.2. The van der Waals surface area contributed by atoms with E-state index in [0.29, 0.717) is 11.3 Å². The number of rotatable bonds is 6. The molecule has 0 atom stereocenters. The lowest BCUT2D eigenvalue weighted by molar-refractivity contribution is -0.138. The molecule has 1 aromatic carbocycles. The van der Waals surface area contributed by atoms with Gasteiger partial charge in [-0.2, -0.15) is 0 Å². The third-order valence-corrected chi connectivity index (χ3v) is 4.15. The first-order valence-electron chi connectivity index (χ1n) is 5.82. The van der Waals surface area contributed by atoms with Gasteiger partial charge in [-0.3, -0.25) is 9.59 Å². The Kier molecular flexibility index (Phi) is 5.23. The van der Waals surface area contributed by atoms with Crippen molar-refractivity contribution in [2.24, 2.45) is 0 Å². The molecule has 0 radical (unpaired) electrons. The van der Waals surface area contributed by atoms with E-state index in [2.05, 4.69) is 10.0 Å². The number of carbonyl (C=O) groups excluding carboxylic acids is 1. The summed E-state index contributed by atoms with van der Waals surface area (Å²) in [7, 11) is -2.31. The zero-order chi connectivity index (χ0) is 15.3. The van der Waals surface area contributed by atoms with Gasteiger partial charge in [0, 0.05) is 12.1 Å². The molecule has 0 saturated carbocycles. The Morgan fingerprint density at radius 2 is 1.90 bits per heavy atom. The molecule has 0 aromatic heterocycles. The Labute approximate surface area is 117 Å². The standard InChI is InChI=1S/C12H16N2O5S/c1-8-3-4-9(7-10(8)20(18,19)13-2)14-11(15)5-6-12(16)17/h3-4,7,13H,5-6H2,1-2H3,(H,14,15)(H,16,17). The molecule has 1 rings (SSSR count). The Morgan fingerprint density at radius 1 is 1.25 bits per heavy atom. The summed E-state index contributed by atoms with van der Waals surface area (Å²) in [6.45, 7) is 1.64. The van der Waals surface area contributed by atoms with E-state index in [1.54, 1.807) is 19.1 Å². The molecule has 0 saturated heterocycles. The molecular formula is C12H16N2O5S. The molecule has 20 heavy (non-hydrogen) atoms. The summed E-state index contributed by atoms with van der Waals surface area (Å²) in [5.74, 6) is -1.55. The number of hydrogen-bond acceptors (Lipinski definition) is 4. The fraction of sp³-hybridized carbons (Fsp3) is 0.333. The summed E-state index contributed by atoms with van der Waals surface area (Å²) >= 11 is 0. The normalized spacial score (nSPS) is 11.1. The van der Waals surface area contributed by atoms with Crippen molar-refractivity contribution in [1.29, 1.82) is 0 Å². The number of sulfonamides is 1. The van der Waals surface area contributed by atoms with E-state index in [9.17, 15) is 18.0 Å². The average Bonchev–Trinajstić information content (AvgIpc) is 2.38. The highest BCUT2D eigenvalue weighted by molar-refractivity contribution is 7.89. The van der Waals surface area contributed by atoms with Crippen molar-refractivity contribution in [2.75, 3.05) is 12.4 Å². The molecule has 8 heteroatoms. The van der Waals surface area contributed by atoms with Gasteiger partial charge >= 0.3 is 5.97 Å². The fourth-order valence-corrected chi connectivity index (χ4v) is 2.52. The van der Waals surface area contributed by atoms with Gasteiger partial charge in [0.15, 0.2) is 0 Å². The van der Waals surface area contributed by atoms with Gasteiger partial charge in [0.05, 0.1) is 11.3 Å². The Morgan fingerprint density at radius 3 is 2.45 bits per heavy atom. The first-order chi connectivity index (χ1) is 9.26. The van der Waals surface area contributed by atoms with E-state index < -0.39 is 21.9 Å². The van der Waals surface area contributed by atoms with Crippen LogP contribution in [0.3, 0.4) is 0 Å². The van der Waals surface area contributed by atoms with Crippen molar-refractivity contribution in [2.45, 2.75) is 24.7 Å². The van der Waals surface area contributed by atoms with Crippen LogP contribution in [0.15, 0.2) is 23.1 Å². The Hall–Kier alpha value is -1.93. The topological polar surface area (TPSA) is 113 Å². The molecule has 3 N–H and O–H groups in total. The number of benzene rings is 1. The Bertz CT molecular complexity index is 625. The molecular weight excluding hydrogens is 284 g/mol. The van der Waals surface area contributed by atoms with Gasteiger partial charge in [-0.1, -0.05) is 6.07 Å². The van der Waals surface area contributed by atoms with E-state index in [1.165, 1.54) is 13.1 Å². The molecule has 0 spiro atoms. The van der Waals surface area contributed by atoms with E-state index in [1.807, 2.05) is 0 Å². The van der Waals surface area contributed by atoms with E-state index in [-0.39, 0.29) is 17.7 Å². The maximum atomic E-state index is 11.8. The van der Waals surface area contributed by atoms with E-state index in [0.717, 1.165) is 0 Å². The lowest BCUT2D eigenvalue weighted by Gasteiger charge is -2.10. The summed E-state index contributed by atoms with van der Waals surface area (Å²) in [5.41, 5.74) is 0.850. The number of anilines is 1. The minimum atomic E-state index is -3.61. The van der Waals surface area contributed by atoms with E-state index in [4.69, 9.17) is 5.11 Å². The molecule has 1 amide bonds. The van der Waals surface area contributed by atoms with Crippen LogP contribution in [0.1, 0.15) is 18.4 Å². The largest absolute Gasteiger partial charge is 0.481 e. The molecule has 0 heterocycles. The summed E-state index contributed by atoms with van der Waals surface area (Å²) in [4.78, 5) is 21.9. The highest BCUT2D eigenvalue weighted by atomic mass is 32.2. The minimum Gasteiger partial charge on any atom is -0.481 e. The van der Waals surface area contributed by atoms with Crippen LogP contribution >= 0.6 is 0 Å². The monoisotopic (exact) mass is 300 g/mol.